The molecule has 0 aromatic carbocycles. The van der Waals surface area contributed by atoms with Crippen LogP contribution in [0, 0.1) is 5.92 Å². The number of urea groups is 1. The molecule has 18 heavy (non-hydrogen) atoms. The highest BCUT2D eigenvalue weighted by Gasteiger charge is 2.41. The number of hydrogen-bond acceptors (Lipinski definition) is 3. The monoisotopic (exact) mass is 256 g/mol. The Morgan fingerprint density at radius 2 is 2.28 bits per heavy atom. The minimum absolute atomic E-state index is 0.143. The largest absolute Gasteiger partial charge is 0.391 e. The summed E-state index contributed by atoms with van der Waals surface area (Å²) in [5.74, 6) is 0.205. The number of carbonyl (C=O) groups is 1. The third-order valence-electron chi connectivity index (χ3n) is 4.20. The summed E-state index contributed by atoms with van der Waals surface area (Å²) in [7, 11) is 0. The van der Waals surface area contributed by atoms with Crippen LogP contribution in [0.4, 0.5) is 4.79 Å². The molecule has 0 saturated carbocycles. The second-order valence-electron chi connectivity index (χ2n) is 5.52. The fraction of sp³-hybridized carbons (Fsp3) is 0.923. The van der Waals surface area contributed by atoms with Gasteiger partial charge >= 0.3 is 6.03 Å². The summed E-state index contributed by atoms with van der Waals surface area (Å²) >= 11 is 0. The Bertz CT molecular complexity index is 298. The van der Waals surface area contributed by atoms with E-state index in [1.165, 1.54) is 0 Å². The molecule has 0 spiro atoms. The van der Waals surface area contributed by atoms with E-state index < -0.39 is 6.10 Å². The summed E-state index contributed by atoms with van der Waals surface area (Å²) in [4.78, 5) is 11.7. The number of rotatable bonds is 5. The first-order valence-corrected chi connectivity index (χ1v) is 6.98. The lowest BCUT2D eigenvalue weighted by atomic mass is 9.96. The van der Waals surface area contributed by atoms with Crippen molar-refractivity contribution in [2.24, 2.45) is 5.92 Å². The molecule has 2 aliphatic rings. The molecule has 2 amide bonds. The molecule has 0 aromatic rings. The summed E-state index contributed by atoms with van der Waals surface area (Å²) in [6.45, 7) is 4.32. The van der Waals surface area contributed by atoms with Crippen molar-refractivity contribution in [1.82, 2.24) is 10.6 Å². The van der Waals surface area contributed by atoms with Crippen molar-refractivity contribution in [2.45, 2.75) is 63.9 Å². The van der Waals surface area contributed by atoms with Gasteiger partial charge in [0.1, 0.15) is 0 Å². The molecular weight excluding hydrogens is 232 g/mol. The average molecular weight is 256 g/mol. The zero-order valence-electron chi connectivity index (χ0n) is 11.2. The number of fused-ring (bicyclic) bond motifs is 2. The van der Waals surface area contributed by atoms with E-state index in [-0.39, 0.29) is 24.1 Å². The van der Waals surface area contributed by atoms with Gasteiger partial charge in [-0.15, -0.1) is 0 Å². The van der Waals surface area contributed by atoms with Gasteiger partial charge < -0.3 is 20.5 Å². The third kappa shape index (κ3) is 3.14. The molecule has 2 rings (SSSR count). The SMILES string of the molecule is CCC(C)C(O)CNC(=O)NC1CC2CCC1O2. The van der Waals surface area contributed by atoms with Crippen molar-refractivity contribution in [3.05, 3.63) is 0 Å². The summed E-state index contributed by atoms with van der Waals surface area (Å²) < 4.78 is 5.68. The standard InChI is InChI=1S/C13H24N2O3/c1-3-8(2)11(16)7-14-13(17)15-10-6-9-4-5-12(10)18-9/h8-12,16H,3-7H2,1-2H3,(H2,14,15,17). The van der Waals surface area contributed by atoms with Gasteiger partial charge in [-0.1, -0.05) is 20.3 Å². The minimum atomic E-state index is -0.475. The lowest BCUT2D eigenvalue weighted by Crippen LogP contribution is -2.48. The summed E-state index contributed by atoms with van der Waals surface area (Å²) in [5, 5.41) is 15.4. The number of hydrogen-bond donors (Lipinski definition) is 3. The molecule has 2 fully saturated rings. The van der Waals surface area contributed by atoms with Gasteiger partial charge in [0.05, 0.1) is 24.4 Å². The average Bonchev–Trinajstić information content (AvgIpc) is 2.97. The molecule has 5 unspecified atom stereocenters. The van der Waals surface area contributed by atoms with Crippen LogP contribution in [0.5, 0.6) is 0 Å². The highest BCUT2D eigenvalue weighted by molar-refractivity contribution is 5.74. The molecule has 0 radical (unpaired) electrons. The van der Waals surface area contributed by atoms with E-state index in [9.17, 15) is 9.90 Å². The molecule has 0 aliphatic carbocycles. The Morgan fingerprint density at radius 3 is 2.83 bits per heavy atom. The van der Waals surface area contributed by atoms with Crippen LogP contribution in [0.3, 0.4) is 0 Å². The zero-order chi connectivity index (χ0) is 13.1. The molecule has 2 aliphatic heterocycles. The van der Waals surface area contributed by atoms with Crippen LogP contribution in [0.25, 0.3) is 0 Å². The van der Waals surface area contributed by atoms with Crippen molar-refractivity contribution < 1.29 is 14.6 Å². The molecule has 2 heterocycles. The highest BCUT2D eigenvalue weighted by Crippen LogP contribution is 2.34. The molecule has 3 N–H and O–H groups in total. The van der Waals surface area contributed by atoms with Crippen LogP contribution in [0.2, 0.25) is 0 Å². The molecule has 0 aromatic heterocycles. The van der Waals surface area contributed by atoms with E-state index in [2.05, 4.69) is 10.6 Å². The van der Waals surface area contributed by atoms with Gasteiger partial charge in [0.15, 0.2) is 0 Å². The molecule has 5 atom stereocenters. The van der Waals surface area contributed by atoms with Gasteiger partial charge in [-0.3, -0.25) is 0 Å². The van der Waals surface area contributed by atoms with Crippen LogP contribution >= 0.6 is 0 Å². The summed E-state index contributed by atoms with van der Waals surface area (Å²) in [6.07, 6.45) is 4.06. The molecule has 104 valence electrons. The fourth-order valence-electron chi connectivity index (χ4n) is 2.68. The quantitative estimate of drug-likeness (QED) is 0.687. The lowest BCUT2D eigenvalue weighted by molar-refractivity contribution is 0.0973. The van der Waals surface area contributed by atoms with Crippen LogP contribution in [0.1, 0.15) is 39.5 Å². The number of nitrogens with one attached hydrogen (secondary N) is 2. The van der Waals surface area contributed by atoms with E-state index in [4.69, 9.17) is 4.74 Å². The first kappa shape index (κ1) is 13.6. The van der Waals surface area contributed by atoms with Crippen molar-refractivity contribution in [3.8, 4) is 0 Å². The van der Waals surface area contributed by atoms with E-state index in [1.54, 1.807) is 0 Å². The predicted octanol–water partition coefficient (Wildman–Crippen LogP) is 1.01. The Hall–Kier alpha value is -0.810. The van der Waals surface area contributed by atoms with Crippen LogP contribution in [0.15, 0.2) is 0 Å². The number of aliphatic hydroxyl groups is 1. The first-order valence-electron chi connectivity index (χ1n) is 6.98. The first-order chi connectivity index (χ1) is 8.60. The van der Waals surface area contributed by atoms with Gasteiger partial charge in [0.2, 0.25) is 0 Å². The van der Waals surface area contributed by atoms with Gasteiger partial charge in [-0.25, -0.2) is 4.79 Å². The van der Waals surface area contributed by atoms with Crippen LogP contribution in [-0.4, -0.2) is 42.0 Å². The van der Waals surface area contributed by atoms with E-state index in [1.807, 2.05) is 13.8 Å². The van der Waals surface area contributed by atoms with Gasteiger partial charge in [0, 0.05) is 6.54 Å². The van der Waals surface area contributed by atoms with Crippen molar-refractivity contribution >= 4 is 6.03 Å². The third-order valence-corrected chi connectivity index (χ3v) is 4.20. The zero-order valence-corrected chi connectivity index (χ0v) is 11.2. The second-order valence-corrected chi connectivity index (χ2v) is 5.52. The maximum absolute atomic E-state index is 11.7. The maximum atomic E-state index is 11.7. The number of ether oxygens (including phenoxy) is 1. The summed E-state index contributed by atoms with van der Waals surface area (Å²) in [5.41, 5.74) is 0. The van der Waals surface area contributed by atoms with Crippen molar-refractivity contribution in [2.75, 3.05) is 6.54 Å². The van der Waals surface area contributed by atoms with E-state index in [0.717, 1.165) is 25.7 Å². The second kappa shape index (κ2) is 5.89. The van der Waals surface area contributed by atoms with Crippen LogP contribution < -0.4 is 10.6 Å². The Kier molecular flexibility index (Phi) is 4.45. The Labute approximate surface area is 108 Å². The number of carbonyl (C=O) groups excluding carboxylic acids is 1. The molecular formula is C13H24N2O3. The fourth-order valence-corrected chi connectivity index (χ4v) is 2.68. The van der Waals surface area contributed by atoms with Gasteiger partial charge in [-0.2, -0.15) is 0 Å². The topological polar surface area (TPSA) is 70.6 Å². The maximum Gasteiger partial charge on any atom is 0.315 e. The molecule has 2 bridgehead atoms. The van der Waals surface area contributed by atoms with Crippen LogP contribution in [-0.2, 0) is 4.74 Å². The minimum Gasteiger partial charge on any atom is -0.391 e. The lowest BCUT2D eigenvalue weighted by Gasteiger charge is -2.22. The smallest absolute Gasteiger partial charge is 0.315 e. The molecule has 5 nitrogen and oxygen atoms in total. The molecule has 2 saturated heterocycles. The predicted molar refractivity (Wildman–Crippen MR) is 68.3 cm³/mol. The van der Waals surface area contributed by atoms with Gasteiger partial charge in [0.25, 0.3) is 0 Å². The van der Waals surface area contributed by atoms with Crippen molar-refractivity contribution in [1.29, 1.82) is 0 Å². The highest BCUT2D eigenvalue weighted by atomic mass is 16.5. The van der Waals surface area contributed by atoms with Gasteiger partial charge in [-0.05, 0) is 25.2 Å². The number of amides is 2. The molecule has 5 heteroatoms. The Balaban J connectivity index is 1.66. The van der Waals surface area contributed by atoms with E-state index in [0.29, 0.717) is 12.6 Å². The normalized spacial score (nSPS) is 33.2. The number of aliphatic hydroxyl groups excluding tert-OH is 1. The Morgan fingerprint density at radius 1 is 1.50 bits per heavy atom. The summed E-state index contributed by atoms with van der Waals surface area (Å²) in [6, 6.07) is -0.0528. The van der Waals surface area contributed by atoms with Crippen molar-refractivity contribution in [3.63, 3.8) is 0 Å². The van der Waals surface area contributed by atoms with E-state index >= 15 is 0 Å².